The predicted molar refractivity (Wildman–Crippen MR) is 265 cm³/mol. The third kappa shape index (κ3) is 11.6. The lowest BCUT2D eigenvalue weighted by Gasteiger charge is -2.49. The number of esters is 3. The van der Waals surface area contributed by atoms with Crippen LogP contribution in [0.15, 0.2) is 108 Å². The molecule has 6 unspecified atom stereocenters. The maximum absolute atomic E-state index is 15.1. The van der Waals surface area contributed by atoms with Gasteiger partial charge in [0.25, 0.3) is 0 Å². The molecule has 4 aliphatic rings. The normalized spacial score (nSPS) is 30.3. The van der Waals surface area contributed by atoms with E-state index in [1.54, 1.807) is 0 Å². The van der Waals surface area contributed by atoms with Crippen LogP contribution in [0.2, 0.25) is 0 Å². The zero-order chi connectivity index (χ0) is 47.9. The molecular weight excluding hydrogens is 823 g/mol. The zero-order valence-electron chi connectivity index (χ0n) is 41.5. The number of rotatable bonds is 9. The molecule has 0 amide bonds. The van der Waals surface area contributed by atoms with Crippen molar-refractivity contribution in [1.29, 1.82) is 0 Å². The van der Waals surface area contributed by atoms with Gasteiger partial charge in [0.15, 0.2) is 0 Å². The van der Waals surface area contributed by atoms with E-state index in [-0.39, 0.29) is 35.4 Å². The van der Waals surface area contributed by atoms with Crippen molar-refractivity contribution in [3.63, 3.8) is 0 Å². The summed E-state index contributed by atoms with van der Waals surface area (Å²) in [5.41, 5.74) is 3.42. The largest absolute Gasteiger partial charge is 0.457 e. The van der Waals surface area contributed by atoms with E-state index in [4.69, 9.17) is 14.2 Å². The highest BCUT2D eigenvalue weighted by Crippen LogP contribution is 2.44. The van der Waals surface area contributed by atoms with Crippen LogP contribution in [-0.2, 0) is 28.6 Å². The monoisotopic (exact) mass is 898 g/mol. The van der Waals surface area contributed by atoms with Crippen molar-refractivity contribution in [3.05, 3.63) is 124 Å². The van der Waals surface area contributed by atoms with Crippen LogP contribution in [0.1, 0.15) is 138 Å². The zero-order valence-corrected chi connectivity index (χ0v) is 41.5. The van der Waals surface area contributed by atoms with Crippen molar-refractivity contribution in [2.45, 2.75) is 173 Å². The maximum atomic E-state index is 15.1. The first-order chi connectivity index (χ1) is 30.8. The van der Waals surface area contributed by atoms with Crippen molar-refractivity contribution in [2.75, 3.05) is 0 Å². The van der Waals surface area contributed by atoms with Gasteiger partial charge in [-0.3, -0.25) is 14.4 Å². The molecule has 9 heteroatoms. The van der Waals surface area contributed by atoms with Gasteiger partial charge >= 0.3 is 17.9 Å². The van der Waals surface area contributed by atoms with Crippen LogP contribution in [0.3, 0.4) is 0 Å². The van der Waals surface area contributed by atoms with Crippen LogP contribution in [0, 0.1) is 17.8 Å². The Morgan fingerprint density at radius 2 is 0.742 bits per heavy atom. The molecule has 4 fully saturated rings. The van der Waals surface area contributed by atoms with Gasteiger partial charge < -0.3 is 30.2 Å². The Hall–Kier alpha value is -4.83. The molecule has 3 aliphatic heterocycles. The molecule has 3 heterocycles. The van der Waals surface area contributed by atoms with Gasteiger partial charge in [0.05, 0.1) is 17.8 Å². The molecular formula is C57H75N3O6. The van der Waals surface area contributed by atoms with Crippen LogP contribution in [0.4, 0.5) is 0 Å². The number of hydrogen-bond donors (Lipinski definition) is 3. The maximum Gasteiger partial charge on any atom is 0.310 e. The number of nitrogens with one attached hydrogen (secondary N) is 3. The van der Waals surface area contributed by atoms with Crippen LogP contribution in [0.5, 0.6) is 0 Å². The fourth-order valence-corrected chi connectivity index (χ4v) is 11.8. The minimum Gasteiger partial charge on any atom is -0.457 e. The summed E-state index contributed by atoms with van der Waals surface area (Å²) in [6, 6.07) is 30.2. The van der Waals surface area contributed by atoms with Crippen LogP contribution in [-0.4, -0.2) is 69.5 Å². The number of carbonyl (C=O) groups excluding carboxylic acids is 3. The first-order valence-corrected chi connectivity index (χ1v) is 24.1. The van der Waals surface area contributed by atoms with Crippen LogP contribution < -0.4 is 16.0 Å². The van der Waals surface area contributed by atoms with Crippen LogP contribution >= 0.6 is 0 Å². The van der Waals surface area contributed by atoms with Gasteiger partial charge in [-0.1, -0.05) is 109 Å². The average Bonchev–Trinajstić information content (AvgIpc) is 3.21. The van der Waals surface area contributed by atoms with Crippen molar-refractivity contribution in [3.8, 4) is 0 Å². The predicted octanol–water partition coefficient (Wildman–Crippen LogP) is 10.7. The second-order valence-corrected chi connectivity index (χ2v) is 23.0. The molecule has 3 saturated heterocycles. The van der Waals surface area contributed by atoms with Crippen LogP contribution in [0.25, 0.3) is 18.2 Å². The molecule has 66 heavy (non-hydrogen) atoms. The topological polar surface area (TPSA) is 115 Å². The van der Waals surface area contributed by atoms with Gasteiger partial charge in [-0.25, -0.2) is 0 Å². The van der Waals surface area contributed by atoms with Gasteiger partial charge in [0.1, 0.15) is 18.3 Å². The molecule has 9 nitrogen and oxygen atoms in total. The Morgan fingerprint density at radius 3 is 1.08 bits per heavy atom. The highest BCUT2D eigenvalue weighted by Gasteiger charge is 2.51. The molecule has 0 radical (unpaired) electrons. The number of hydrogen-bond acceptors (Lipinski definition) is 9. The quantitative estimate of drug-likeness (QED) is 0.143. The van der Waals surface area contributed by atoms with E-state index in [0.29, 0.717) is 25.7 Å². The number of carbonyl (C=O) groups is 3. The third-order valence-corrected chi connectivity index (χ3v) is 14.2. The summed E-state index contributed by atoms with van der Waals surface area (Å²) in [4.78, 5) is 44.7. The van der Waals surface area contributed by atoms with E-state index < -0.39 is 64.6 Å². The molecule has 7 rings (SSSR count). The highest BCUT2D eigenvalue weighted by atomic mass is 16.6. The van der Waals surface area contributed by atoms with Gasteiger partial charge in [-0.2, -0.15) is 0 Å². The summed E-state index contributed by atoms with van der Waals surface area (Å²) in [5, 5.41) is 11.3. The summed E-state index contributed by atoms with van der Waals surface area (Å²) in [5.74, 6) is -3.69. The van der Waals surface area contributed by atoms with E-state index in [1.807, 2.05) is 78.9 Å². The first kappa shape index (κ1) is 49.1. The minimum absolute atomic E-state index is 0.109. The Bertz CT molecular complexity index is 2320. The fourth-order valence-electron chi connectivity index (χ4n) is 11.8. The second-order valence-electron chi connectivity index (χ2n) is 23.0. The first-order valence-electron chi connectivity index (χ1n) is 24.1. The molecule has 3 N–H and O–H groups in total. The average molecular weight is 898 g/mol. The van der Waals surface area contributed by atoms with Crippen molar-refractivity contribution in [1.82, 2.24) is 16.0 Å². The lowest BCUT2D eigenvalue weighted by atomic mass is 9.72. The summed E-state index contributed by atoms with van der Waals surface area (Å²) < 4.78 is 19.9. The molecule has 3 aromatic rings. The Labute approximate surface area is 394 Å². The number of ether oxygens (including phenoxy) is 3. The molecule has 354 valence electrons. The summed E-state index contributed by atoms with van der Waals surface area (Å²) in [6.07, 6.45) is 7.14. The summed E-state index contributed by atoms with van der Waals surface area (Å²) in [6.45, 7) is 25.5. The molecule has 0 aromatic heterocycles. The molecule has 3 aromatic carbocycles. The Kier molecular flexibility index (Phi) is 13.9. The van der Waals surface area contributed by atoms with E-state index in [2.05, 4.69) is 129 Å². The lowest BCUT2D eigenvalue weighted by Crippen LogP contribution is -2.62. The summed E-state index contributed by atoms with van der Waals surface area (Å²) in [7, 11) is 0. The lowest BCUT2D eigenvalue weighted by molar-refractivity contribution is -0.173. The summed E-state index contributed by atoms with van der Waals surface area (Å²) >= 11 is 0. The number of benzene rings is 3. The Balaban J connectivity index is 1.21. The third-order valence-electron chi connectivity index (χ3n) is 14.2. The van der Waals surface area contributed by atoms with E-state index in [0.717, 1.165) is 33.4 Å². The van der Waals surface area contributed by atoms with Gasteiger partial charge in [0, 0.05) is 52.5 Å². The second kappa shape index (κ2) is 18.7. The van der Waals surface area contributed by atoms with Gasteiger partial charge in [0.2, 0.25) is 0 Å². The SMILES string of the molecule is CC1(C)CC(OC(=O)C2CCC(C(=O)OC3CC(C)(C)NC(C)(C)/C3=C\c3ccccc3)C(C(=O)OC3CC(C)(C)NC(C)(C)/C3=C\c3ccccc3)C2)/C(=C/c2ccccc2)C(C)(C)N1. The standard InChI is InChI=1S/C57H75N3O6/c1-52(2)34-46(43(55(7,8)58-52)30-37-22-16-13-17-23-37)64-49(61)40-28-29-41(50(62)65-47-35-53(3,4)59-56(9,10)44(47)31-38-24-18-14-19-25-38)42(33-40)51(63)66-48-36-54(5,6)60-57(11,12)45(48)32-39-26-20-15-21-27-39/h13-27,30-32,40-42,46-48,58-60H,28-29,33-36H2,1-12H3/b43-30-,44-31-,45-32-. The van der Waals surface area contributed by atoms with Gasteiger partial charge in [-0.15, -0.1) is 0 Å². The molecule has 1 saturated carbocycles. The van der Waals surface area contributed by atoms with Gasteiger partial charge in [-0.05, 0) is 136 Å². The van der Waals surface area contributed by atoms with Crippen molar-refractivity contribution in [2.24, 2.45) is 17.8 Å². The highest BCUT2D eigenvalue weighted by molar-refractivity contribution is 5.85. The number of piperidine rings is 3. The van der Waals surface area contributed by atoms with E-state index >= 15 is 4.79 Å². The van der Waals surface area contributed by atoms with E-state index in [1.165, 1.54) is 0 Å². The molecule has 0 bridgehead atoms. The van der Waals surface area contributed by atoms with Crippen molar-refractivity contribution < 1.29 is 28.6 Å². The van der Waals surface area contributed by atoms with E-state index in [9.17, 15) is 9.59 Å². The fraction of sp³-hybridized carbons (Fsp3) is 0.526. The smallest absolute Gasteiger partial charge is 0.310 e. The molecule has 6 atom stereocenters. The molecule has 1 aliphatic carbocycles. The molecule has 0 spiro atoms. The Morgan fingerprint density at radius 1 is 0.439 bits per heavy atom. The van der Waals surface area contributed by atoms with Crippen molar-refractivity contribution >= 4 is 36.1 Å². The minimum atomic E-state index is -0.938.